The van der Waals surface area contributed by atoms with Gasteiger partial charge in [-0.05, 0) is 18.6 Å². The normalized spacial score (nSPS) is 11.0. The first kappa shape index (κ1) is 14.8. The fourth-order valence-corrected chi connectivity index (χ4v) is 3.50. The molecule has 0 atom stereocenters. The van der Waals surface area contributed by atoms with Gasteiger partial charge in [-0.15, -0.1) is 11.3 Å². The van der Waals surface area contributed by atoms with Gasteiger partial charge >= 0.3 is 0 Å². The molecule has 3 aromatic heterocycles. The second-order valence-electron chi connectivity index (χ2n) is 5.68. The van der Waals surface area contributed by atoms with Crippen molar-refractivity contribution in [2.75, 3.05) is 5.32 Å². The van der Waals surface area contributed by atoms with Crippen molar-refractivity contribution in [2.24, 2.45) is 0 Å². The fourth-order valence-electron chi connectivity index (χ4n) is 2.66. The first-order valence-electron chi connectivity index (χ1n) is 7.78. The van der Waals surface area contributed by atoms with E-state index in [1.54, 1.807) is 17.7 Å². The molecule has 6 heteroatoms. The quantitative estimate of drug-likeness (QED) is 0.602. The average Bonchev–Trinajstić information content (AvgIpc) is 3.19. The van der Waals surface area contributed by atoms with E-state index in [1.807, 2.05) is 29.1 Å². The Morgan fingerprint density at radius 2 is 2.00 bits per heavy atom. The largest absolute Gasteiger partial charge is 0.365 e. The number of thiophene rings is 1. The lowest BCUT2D eigenvalue weighted by molar-refractivity contribution is 0.686. The van der Waals surface area contributed by atoms with E-state index in [9.17, 15) is 0 Å². The molecule has 1 aromatic carbocycles. The van der Waals surface area contributed by atoms with Gasteiger partial charge in [-0.2, -0.15) is 5.10 Å². The van der Waals surface area contributed by atoms with Crippen molar-refractivity contribution >= 4 is 27.4 Å². The number of aryl methyl sites for hydroxylation is 1. The Labute approximate surface area is 144 Å². The predicted molar refractivity (Wildman–Crippen MR) is 97.2 cm³/mol. The Balaban J connectivity index is 1.46. The summed E-state index contributed by atoms with van der Waals surface area (Å²) < 4.78 is 1.96. The second-order valence-corrected chi connectivity index (χ2v) is 6.92. The first-order chi connectivity index (χ1) is 11.8. The molecule has 0 unspecified atom stereocenters. The zero-order valence-electron chi connectivity index (χ0n) is 13.3. The number of aromatic nitrogens is 4. The van der Waals surface area contributed by atoms with E-state index >= 15 is 0 Å². The van der Waals surface area contributed by atoms with E-state index in [1.165, 1.54) is 10.4 Å². The highest BCUT2D eigenvalue weighted by atomic mass is 32.1. The zero-order valence-corrected chi connectivity index (χ0v) is 14.1. The summed E-state index contributed by atoms with van der Waals surface area (Å²) in [7, 11) is 0. The Kier molecular flexibility index (Phi) is 3.96. The molecule has 0 saturated heterocycles. The standard InChI is InChI=1S/C18H17N5S/c1-13-7-16-17(20-12-21-18(16)24-13)19-8-15-9-22-23(11-15)10-14-5-3-2-4-6-14/h2-7,9,11-12H,8,10H2,1H3,(H,19,20,21). The summed E-state index contributed by atoms with van der Waals surface area (Å²) in [4.78, 5) is 10.9. The maximum Gasteiger partial charge on any atom is 0.138 e. The van der Waals surface area contributed by atoms with Crippen LogP contribution < -0.4 is 5.32 Å². The Bertz CT molecular complexity index is 958. The smallest absolute Gasteiger partial charge is 0.138 e. The van der Waals surface area contributed by atoms with Crippen molar-refractivity contribution in [1.29, 1.82) is 0 Å². The van der Waals surface area contributed by atoms with E-state index in [-0.39, 0.29) is 0 Å². The van der Waals surface area contributed by atoms with Crippen LogP contribution in [0.25, 0.3) is 10.2 Å². The summed E-state index contributed by atoms with van der Waals surface area (Å²) >= 11 is 1.69. The second kappa shape index (κ2) is 6.41. The molecular formula is C18H17N5S. The molecule has 24 heavy (non-hydrogen) atoms. The predicted octanol–water partition coefficient (Wildman–Crippen LogP) is 3.86. The van der Waals surface area contributed by atoms with E-state index < -0.39 is 0 Å². The summed E-state index contributed by atoms with van der Waals surface area (Å²) in [6, 6.07) is 12.5. The molecule has 0 bridgehead atoms. The molecular weight excluding hydrogens is 318 g/mol. The number of hydrogen-bond acceptors (Lipinski definition) is 5. The van der Waals surface area contributed by atoms with Crippen LogP contribution in [0, 0.1) is 6.92 Å². The van der Waals surface area contributed by atoms with Gasteiger partial charge in [0.15, 0.2) is 0 Å². The van der Waals surface area contributed by atoms with Crippen LogP contribution in [0.15, 0.2) is 55.1 Å². The van der Waals surface area contributed by atoms with Gasteiger partial charge in [0, 0.05) is 23.2 Å². The van der Waals surface area contributed by atoms with Crippen molar-refractivity contribution in [3.63, 3.8) is 0 Å². The van der Waals surface area contributed by atoms with Gasteiger partial charge in [-0.25, -0.2) is 9.97 Å². The molecule has 1 N–H and O–H groups in total. The third-order valence-electron chi connectivity index (χ3n) is 3.79. The number of benzene rings is 1. The lowest BCUT2D eigenvalue weighted by Crippen LogP contribution is -2.02. The minimum absolute atomic E-state index is 0.690. The Hall–Kier alpha value is -2.73. The van der Waals surface area contributed by atoms with Crippen LogP contribution in [0.1, 0.15) is 16.0 Å². The summed E-state index contributed by atoms with van der Waals surface area (Å²) in [6.45, 7) is 3.56. The minimum Gasteiger partial charge on any atom is -0.365 e. The molecule has 0 fully saturated rings. The van der Waals surface area contributed by atoms with Gasteiger partial charge in [-0.3, -0.25) is 4.68 Å². The van der Waals surface area contributed by atoms with Gasteiger partial charge < -0.3 is 5.32 Å². The number of nitrogens with zero attached hydrogens (tertiary/aromatic N) is 4. The lowest BCUT2D eigenvalue weighted by atomic mass is 10.2. The van der Waals surface area contributed by atoms with Crippen molar-refractivity contribution < 1.29 is 0 Å². The lowest BCUT2D eigenvalue weighted by Gasteiger charge is -2.04. The highest BCUT2D eigenvalue weighted by Crippen LogP contribution is 2.27. The molecule has 0 saturated carbocycles. The third-order valence-corrected chi connectivity index (χ3v) is 4.75. The minimum atomic E-state index is 0.690. The molecule has 4 aromatic rings. The summed E-state index contributed by atoms with van der Waals surface area (Å²) in [5, 5.41) is 8.91. The Morgan fingerprint density at radius 1 is 1.12 bits per heavy atom. The molecule has 0 radical (unpaired) electrons. The highest BCUT2D eigenvalue weighted by molar-refractivity contribution is 7.18. The SMILES string of the molecule is Cc1cc2c(NCc3cnn(Cc4ccccc4)c3)ncnc2s1. The van der Waals surface area contributed by atoms with Crippen LogP contribution in [-0.2, 0) is 13.1 Å². The molecule has 3 heterocycles. The van der Waals surface area contributed by atoms with E-state index in [2.05, 4.69) is 51.7 Å². The van der Waals surface area contributed by atoms with E-state index in [0.717, 1.165) is 28.1 Å². The Morgan fingerprint density at radius 3 is 2.88 bits per heavy atom. The molecule has 5 nitrogen and oxygen atoms in total. The number of nitrogens with one attached hydrogen (secondary N) is 1. The number of fused-ring (bicyclic) bond motifs is 1. The van der Waals surface area contributed by atoms with Crippen LogP contribution >= 0.6 is 11.3 Å². The first-order valence-corrected chi connectivity index (χ1v) is 8.60. The number of rotatable bonds is 5. The maximum atomic E-state index is 4.44. The monoisotopic (exact) mass is 335 g/mol. The van der Waals surface area contributed by atoms with Crippen LogP contribution in [-0.4, -0.2) is 19.7 Å². The molecule has 0 aliphatic heterocycles. The third kappa shape index (κ3) is 3.14. The van der Waals surface area contributed by atoms with Crippen LogP contribution in [0.5, 0.6) is 0 Å². The fraction of sp³-hybridized carbons (Fsp3) is 0.167. The van der Waals surface area contributed by atoms with Gasteiger partial charge in [0.05, 0.1) is 18.1 Å². The van der Waals surface area contributed by atoms with Crippen LogP contribution in [0.3, 0.4) is 0 Å². The summed E-state index contributed by atoms with van der Waals surface area (Å²) in [5.41, 5.74) is 2.37. The van der Waals surface area contributed by atoms with Crippen LogP contribution in [0.4, 0.5) is 5.82 Å². The number of hydrogen-bond donors (Lipinski definition) is 1. The average molecular weight is 335 g/mol. The summed E-state index contributed by atoms with van der Waals surface area (Å²) in [5.74, 6) is 0.875. The zero-order chi connectivity index (χ0) is 16.4. The number of anilines is 1. The summed E-state index contributed by atoms with van der Waals surface area (Å²) in [6.07, 6.45) is 5.57. The van der Waals surface area contributed by atoms with E-state index in [0.29, 0.717) is 6.54 Å². The maximum absolute atomic E-state index is 4.44. The van der Waals surface area contributed by atoms with Crippen molar-refractivity contribution in [1.82, 2.24) is 19.7 Å². The highest BCUT2D eigenvalue weighted by Gasteiger charge is 2.07. The van der Waals surface area contributed by atoms with Gasteiger partial charge in [0.25, 0.3) is 0 Å². The van der Waals surface area contributed by atoms with Crippen LogP contribution in [0.2, 0.25) is 0 Å². The van der Waals surface area contributed by atoms with E-state index in [4.69, 9.17) is 0 Å². The van der Waals surface area contributed by atoms with Gasteiger partial charge in [-0.1, -0.05) is 30.3 Å². The molecule has 0 aliphatic carbocycles. The van der Waals surface area contributed by atoms with Crippen molar-refractivity contribution in [3.05, 3.63) is 71.1 Å². The molecule has 0 spiro atoms. The van der Waals surface area contributed by atoms with Crippen molar-refractivity contribution in [2.45, 2.75) is 20.0 Å². The van der Waals surface area contributed by atoms with Crippen molar-refractivity contribution in [3.8, 4) is 0 Å². The molecule has 0 aliphatic rings. The van der Waals surface area contributed by atoms with Gasteiger partial charge in [0.1, 0.15) is 17.0 Å². The van der Waals surface area contributed by atoms with Gasteiger partial charge in [0.2, 0.25) is 0 Å². The topological polar surface area (TPSA) is 55.6 Å². The molecule has 120 valence electrons. The molecule has 0 amide bonds. The molecule has 4 rings (SSSR count).